The molecule has 15 heavy (non-hydrogen) atoms. The first-order chi connectivity index (χ1) is 7.25. The standard InChI is InChI=1S/C12H15FOS/c13-11-3-1-2-9(7-11)6-10-8-14-5-4-12(10)15/h1-3,7,10,12,15H,4-6,8H2/t10-,12+/m1/s1. The molecule has 0 amide bonds. The van der Waals surface area contributed by atoms with E-state index in [1.165, 1.54) is 6.07 Å². The van der Waals surface area contributed by atoms with E-state index in [1.54, 1.807) is 12.1 Å². The van der Waals surface area contributed by atoms with Crippen LogP contribution in [0.2, 0.25) is 0 Å². The molecule has 3 heteroatoms. The van der Waals surface area contributed by atoms with Gasteiger partial charge in [-0.15, -0.1) is 0 Å². The highest BCUT2D eigenvalue weighted by atomic mass is 32.1. The fourth-order valence-corrected chi connectivity index (χ4v) is 2.24. The first-order valence-electron chi connectivity index (χ1n) is 5.26. The fourth-order valence-electron chi connectivity index (χ4n) is 1.95. The predicted octanol–water partition coefficient (Wildman–Crippen LogP) is 2.70. The average Bonchev–Trinajstić information content (AvgIpc) is 2.22. The lowest BCUT2D eigenvalue weighted by Gasteiger charge is -2.28. The second-order valence-electron chi connectivity index (χ2n) is 4.03. The Hall–Kier alpha value is -0.540. The SMILES string of the molecule is Fc1cccc(C[C@@H]2COCC[C@@H]2S)c1. The van der Waals surface area contributed by atoms with Gasteiger partial charge in [0.1, 0.15) is 5.82 Å². The van der Waals surface area contributed by atoms with Crippen molar-refractivity contribution in [1.29, 1.82) is 0 Å². The van der Waals surface area contributed by atoms with E-state index in [1.807, 2.05) is 6.07 Å². The van der Waals surface area contributed by atoms with Gasteiger partial charge in [0.05, 0.1) is 6.61 Å². The van der Waals surface area contributed by atoms with Crippen LogP contribution in [0.4, 0.5) is 4.39 Å². The second-order valence-corrected chi connectivity index (χ2v) is 4.69. The normalized spacial score (nSPS) is 26.5. The van der Waals surface area contributed by atoms with Crippen LogP contribution in [0.3, 0.4) is 0 Å². The summed E-state index contributed by atoms with van der Waals surface area (Å²) in [6.45, 7) is 1.54. The van der Waals surface area contributed by atoms with Gasteiger partial charge in [-0.05, 0) is 36.5 Å². The molecule has 0 spiro atoms. The van der Waals surface area contributed by atoms with E-state index in [9.17, 15) is 4.39 Å². The zero-order valence-electron chi connectivity index (χ0n) is 8.53. The molecule has 0 aromatic heterocycles. The number of rotatable bonds is 2. The summed E-state index contributed by atoms with van der Waals surface area (Å²) in [5.41, 5.74) is 1.03. The van der Waals surface area contributed by atoms with E-state index in [4.69, 9.17) is 4.74 Å². The Labute approximate surface area is 95.0 Å². The number of hydrogen-bond donors (Lipinski definition) is 1. The van der Waals surface area contributed by atoms with E-state index in [0.717, 1.165) is 31.6 Å². The van der Waals surface area contributed by atoms with Gasteiger partial charge in [-0.3, -0.25) is 0 Å². The van der Waals surface area contributed by atoms with Crippen molar-refractivity contribution in [3.8, 4) is 0 Å². The van der Waals surface area contributed by atoms with Crippen LogP contribution in [0.1, 0.15) is 12.0 Å². The molecule has 0 unspecified atom stereocenters. The fraction of sp³-hybridized carbons (Fsp3) is 0.500. The highest BCUT2D eigenvalue weighted by molar-refractivity contribution is 7.81. The average molecular weight is 226 g/mol. The summed E-state index contributed by atoms with van der Waals surface area (Å²) in [5, 5.41) is 0.377. The minimum Gasteiger partial charge on any atom is -0.381 e. The van der Waals surface area contributed by atoms with Crippen molar-refractivity contribution in [3.63, 3.8) is 0 Å². The molecule has 1 fully saturated rings. The molecule has 1 aliphatic heterocycles. The van der Waals surface area contributed by atoms with E-state index in [2.05, 4.69) is 12.6 Å². The number of hydrogen-bond acceptors (Lipinski definition) is 2. The second kappa shape index (κ2) is 4.99. The molecule has 2 atom stereocenters. The van der Waals surface area contributed by atoms with Crippen LogP contribution in [0.15, 0.2) is 24.3 Å². The largest absolute Gasteiger partial charge is 0.381 e. The lowest BCUT2D eigenvalue weighted by Crippen LogP contribution is -2.29. The van der Waals surface area contributed by atoms with Crippen molar-refractivity contribution in [2.24, 2.45) is 5.92 Å². The lowest BCUT2D eigenvalue weighted by molar-refractivity contribution is 0.0596. The monoisotopic (exact) mass is 226 g/mol. The van der Waals surface area contributed by atoms with Crippen LogP contribution >= 0.6 is 12.6 Å². The summed E-state index contributed by atoms with van der Waals surface area (Å²) in [6.07, 6.45) is 1.84. The maximum Gasteiger partial charge on any atom is 0.123 e. The molecule has 1 aliphatic rings. The van der Waals surface area contributed by atoms with Crippen molar-refractivity contribution in [2.75, 3.05) is 13.2 Å². The Balaban J connectivity index is 2.01. The van der Waals surface area contributed by atoms with E-state index < -0.39 is 0 Å². The molecule has 82 valence electrons. The Kier molecular flexibility index (Phi) is 3.65. The van der Waals surface area contributed by atoms with Crippen molar-refractivity contribution in [1.82, 2.24) is 0 Å². The zero-order valence-corrected chi connectivity index (χ0v) is 9.42. The molecular formula is C12H15FOS. The van der Waals surface area contributed by atoms with Gasteiger partial charge in [0, 0.05) is 11.9 Å². The Bertz CT molecular complexity index is 329. The van der Waals surface area contributed by atoms with Gasteiger partial charge in [0.2, 0.25) is 0 Å². The maximum atomic E-state index is 13.0. The van der Waals surface area contributed by atoms with Gasteiger partial charge in [-0.25, -0.2) is 4.39 Å². The number of benzene rings is 1. The van der Waals surface area contributed by atoms with Crippen molar-refractivity contribution >= 4 is 12.6 Å². The van der Waals surface area contributed by atoms with Gasteiger partial charge in [-0.2, -0.15) is 12.6 Å². The first kappa shape index (κ1) is 11.0. The minimum atomic E-state index is -0.167. The molecule has 1 aromatic rings. The number of ether oxygens (including phenoxy) is 1. The Morgan fingerprint density at radius 1 is 1.47 bits per heavy atom. The van der Waals surface area contributed by atoms with Crippen LogP contribution < -0.4 is 0 Å². The molecule has 2 rings (SSSR count). The molecule has 0 bridgehead atoms. The van der Waals surface area contributed by atoms with Gasteiger partial charge >= 0.3 is 0 Å². The smallest absolute Gasteiger partial charge is 0.123 e. The number of thiol groups is 1. The summed E-state index contributed by atoms with van der Waals surface area (Å²) in [6, 6.07) is 6.77. The van der Waals surface area contributed by atoms with E-state index in [0.29, 0.717) is 11.2 Å². The van der Waals surface area contributed by atoms with Crippen LogP contribution in [0.5, 0.6) is 0 Å². The predicted molar refractivity (Wildman–Crippen MR) is 61.8 cm³/mol. The number of halogens is 1. The summed E-state index contributed by atoms with van der Waals surface area (Å²) in [5.74, 6) is 0.240. The van der Waals surface area contributed by atoms with Crippen LogP contribution in [0, 0.1) is 11.7 Å². The Morgan fingerprint density at radius 3 is 3.07 bits per heavy atom. The molecule has 1 saturated heterocycles. The van der Waals surface area contributed by atoms with Crippen LogP contribution in [0.25, 0.3) is 0 Å². The third-order valence-electron chi connectivity index (χ3n) is 2.82. The topological polar surface area (TPSA) is 9.23 Å². The summed E-state index contributed by atoms with van der Waals surface area (Å²) >= 11 is 4.54. The van der Waals surface area contributed by atoms with Crippen molar-refractivity contribution in [3.05, 3.63) is 35.6 Å². The molecule has 0 radical (unpaired) electrons. The third kappa shape index (κ3) is 2.95. The van der Waals surface area contributed by atoms with Crippen LogP contribution in [-0.4, -0.2) is 18.5 Å². The van der Waals surface area contributed by atoms with E-state index >= 15 is 0 Å². The molecular weight excluding hydrogens is 211 g/mol. The molecule has 1 nitrogen and oxygen atoms in total. The molecule has 1 heterocycles. The minimum absolute atomic E-state index is 0.167. The molecule has 1 aromatic carbocycles. The highest BCUT2D eigenvalue weighted by Crippen LogP contribution is 2.23. The van der Waals surface area contributed by atoms with Gasteiger partial charge in [0.15, 0.2) is 0 Å². The van der Waals surface area contributed by atoms with Gasteiger partial charge in [0.25, 0.3) is 0 Å². The van der Waals surface area contributed by atoms with Gasteiger partial charge < -0.3 is 4.74 Å². The quantitative estimate of drug-likeness (QED) is 0.763. The van der Waals surface area contributed by atoms with Crippen molar-refractivity contribution < 1.29 is 9.13 Å². The first-order valence-corrected chi connectivity index (χ1v) is 5.77. The molecule has 0 aliphatic carbocycles. The van der Waals surface area contributed by atoms with Crippen molar-refractivity contribution in [2.45, 2.75) is 18.1 Å². The molecule has 0 saturated carbocycles. The lowest BCUT2D eigenvalue weighted by atomic mass is 9.93. The highest BCUT2D eigenvalue weighted by Gasteiger charge is 2.22. The zero-order chi connectivity index (χ0) is 10.7. The Morgan fingerprint density at radius 2 is 2.33 bits per heavy atom. The summed E-state index contributed by atoms with van der Waals surface area (Å²) in [7, 11) is 0. The van der Waals surface area contributed by atoms with Gasteiger partial charge in [-0.1, -0.05) is 12.1 Å². The maximum absolute atomic E-state index is 13.0. The third-order valence-corrected chi connectivity index (χ3v) is 3.50. The van der Waals surface area contributed by atoms with E-state index in [-0.39, 0.29) is 5.82 Å². The molecule has 0 N–H and O–H groups in total. The summed E-state index contributed by atoms with van der Waals surface area (Å²) in [4.78, 5) is 0. The summed E-state index contributed by atoms with van der Waals surface area (Å²) < 4.78 is 18.4. The van der Waals surface area contributed by atoms with Crippen LogP contribution in [-0.2, 0) is 11.2 Å².